The highest BCUT2D eigenvalue weighted by Gasteiger charge is 2.26. The van der Waals surface area contributed by atoms with E-state index >= 15 is 0 Å². The summed E-state index contributed by atoms with van der Waals surface area (Å²) in [6.07, 6.45) is 0.262. The highest BCUT2D eigenvalue weighted by Crippen LogP contribution is 2.27. The lowest BCUT2D eigenvalue weighted by atomic mass is 9.96. The van der Waals surface area contributed by atoms with E-state index in [1.165, 1.54) is 13.2 Å². The molecule has 2 aromatic rings. The maximum absolute atomic E-state index is 11.4. The van der Waals surface area contributed by atoms with Crippen LogP contribution in [0.4, 0.5) is 0 Å². The molecule has 0 saturated heterocycles. The van der Waals surface area contributed by atoms with E-state index < -0.39 is 17.9 Å². The second-order valence-corrected chi connectivity index (χ2v) is 4.58. The van der Waals surface area contributed by atoms with Crippen molar-refractivity contribution in [2.75, 3.05) is 7.11 Å². The topological polar surface area (TPSA) is 96.7 Å². The van der Waals surface area contributed by atoms with Gasteiger partial charge in [-0.05, 0) is 24.6 Å². The SMILES string of the molecule is CCC(C(=O)O)c1nc2cc(OC)ccc2cc1C(=O)O. The predicted octanol–water partition coefficient (Wildman–Crippen LogP) is 2.52. The van der Waals surface area contributed by atoms with Crippen molar-refractivity contribution in [2.45, 2.75) is 19.3 Å². The molecule has 1 unspecified atom stereocenters. The molecule has 1 heterocycles. The van der Waals surface area contributed by atoms with Gasteiger partial charge in [0.05, 0.1) is 29.8 Å². The highest BCUT2D eigenvalue weighted by molar-refractivity contribution is 5.96. The van der Waals surface area contributed by atoms with Gasteiger partial charge in [-0.1, -0.05) is 6.92 Å². The van der Waals surface area contributed by atoms with Crippen LogP contribution in [0.3, 0.4) is 0 Å². The Kier molecular flexibility index (Phi) is 4.07. The third-order valence-electron chi connectivity index (χ3n) is 3.32. The number of carboxylic acid groups (broad SMARTS) is 2. The number of hydrogen-bond acceptors (Lipinski definition) is 4. The van der Waals surface area contributed by atoms with Gasteiger partial charge in [-0.3, -0.25) is 9.78 Å². The van der Waals surface area contributed by atoms with Gasteiger partial charge in [-0.2, -0.15) is 0 Å². The molecule has 1 atom stereocenters. The number of methoxy groups -OCH3 is 1. The number of aromatic carboxylic acids is 1. The van der Waals surface area contributed by atoms with Crippen molar-refractivity contribution < 1.29 is 24.5 Å². The van der Waals surface area contributed by atoms with Gasteiger partial charge in [0.15, 0.2) is 0 Å². The minimum absolute atomic E-state index is 0.0678. The average molecular weight is 289 g/mol. The lowest BCUT2D eigenvalue weighted by Crippen LogP contribution is -2.17. The van der Waals surface area contributed by atoms with Crippen LogP contribution in [0.15, 0.2) is 24.3 Å². The van der Waals surface area contributed by atoms with Gasteiger partial charge < -0.3 is 14.9 Å². The summed E-state index contributed by atoms with van der Waals surface area (Å²) in [5, 5.41) is 19.2. The number of ether oxygens (including phenoxy) is 1. The van der Waals surface area contributed by atoms with E-state index in [4.69, 9.17) is 4.74 Å². The number of carboxylic acids is 2. The maximum atomic E-state index is 11.4. The van der Waals surface area contributed by atoms with Crippen molar-refractivity contribution in [3.8, 4) is 5.75 Å². The monoisotopic (exact) mass is 289 g/mol. The molecule has 110 valence electrons. The molecule has 6 heteroatoms. The lowest BCUT2D eigenvalue weighted by molar-refractivity contribution is -0.138. The first-order chi connectivity index (χ1) is 9.97. The van der Waals surface area contributed by atoms with E-state index in [2.05, 4.69) is 4.98 Å². The fraction of sp³-hybridized carbons (Fsp3) is 0.267. The van der Waals surface area contributed by atoms with Gasteiger partial charge >= 0.3 is 11.9 Å². The second-order valence-electron chi connectivity index (χ2n) is 4.58. The summed E-state index contributed by atoms with van der Waals surface area (Å²) < 4.78 is 5.10. The number of aliphatic carboxylic acids is 1. The Labute approximate surface area is 121 Å². The third kappa shape index (κ3) is 2.79. The molecule has 0 aliphatic rings. The number of pyridine rings is 1. The van der Waals surface area contributed by atoms with Gasteiger partial charge in [-0.25, -0.2) is 4.79 Å². The Bertz CT molecular complexity index is 711. The van der Waals surface area contributed by atoms with E-state index in [1.54, 1.807) is 25.1 Å². The van der Waals surface area contributed by atoms with Crippen LogP contribution in [-0.4, -0.2) is 34.2 Å². The number of hydrogen-bond donors (Lipinski definition) is 2. The van der Waals surface area contributed by atoms with Gasteiger partial charge in [0.2, 0.25) is 0 Å². The van der Waals surface area contributed by atoms with Crippen molar-refractivity contribution in [1.82, 2.24) is 4.98 Å². The smallest absolute Gasteiger partial charge is 0.337 e. The predicted molar refractivity (Wildman–Crippen MR) is 75.9 cm³/mol. The van der Waals surface area contributed by atoms with Crippen LogP contribution in [0.25, 0.3) is 10.9 Å². The molecule has 0 amide bonds. The van der Waals surface area contributed by atoms with Crippen molar-refractivity contribution in [1.29, 1.82) is 0 Å². The summed E-state index contributed by atoms with van der Waals surface area (Å²) in [6, 6.07) is 6.49. The van der Waals surface area contributed by atoms with Crippen LogP contribution in [0, 0.1) is 0 Å². The molecule has 0 saturated carbocycles. The minimum atomic E-state index is -1.19. The molecule has 2 N–H and O–H groups in total. The molecule has 0 aliphatic heterocycles. The fourth-order valence-electron chi connectivity index (χ4n) is 2.21. The number of benzene rings is 1. The highest BCUT2D eigenvalue weighted by atomic mass is 16.5. The summed E-state index contributed by atoms with van der Waals surface area (Å²) >= 11 is 0. The summed E-state index contributed by atoms with van der Waals surface area (Å²) in [5.41, 5.74) is 0.495. The van der Waals surface area contributed by atoms with Crippen molar-refractivity contribution in [3.63, 3.8) is 0 Å². The van der Waals surface area contributed by atoms with E-state index in [9.17, 15) is 19.8 Å². The second kappa shape index (κ2) is 5.78. The summed E-state index contributed by atoms with van der Waals surface area (Å²) in [4.78, 5) is 26.9. The molecule has 0 fully saturated rings. The Morgan fingerprint density at radius 2 is 2.00 bits per heavy atom. The summed E-state index contributed by atoms with van der Waals surface area (Å²) in [7, 11) is 1.51. The Balaban J connectivity index is 2.73. The van der Waals surface area contributed by atoms with Gasteiger partial charge in [0.1, 0.15) is 5.75 Å². The zero-order valence-electron chi connectivity index (χ0n) is 11.7. The molecular formula is C15H15NO5. The largest absolute Gasteiger partial charge is 0.497 e. The Hall–Kier alpha value is -2.63. The molecule has 21 heavy (non-hydrogen) atoms. The van der Waals surface area contributed by atoms with Crippen LogP contribution >= 0.6 is 0 Å². The first-order valence-corrected chi connectivity index (χ1v) is 6.42. The van der Waals surface area contributed by atoms with Crippen molar-refractivity contribution >= 4 is 22.8 Å². The lowest BCUT2D eigenvalue weighted by Gasteiger charge is -2.13. The Morgan fingerprint density at radius 1 is 1.29 bits per heavy atom. The number of nitrogens with zero attached hydrogens (tertiary/aromatic N) is 1. The Morgan fingerprint density at radius 3 is 2.52 bits per heavy atom. The molecule has 0 bridgehead atoms. The first kappa shape index (κ1) is 14.8. The zero-order valence-corrected chi connectivity index (χ0v) is 11.7. The standard InChI is InChI=1S/C15H15NO5/c1-3-10(14(17)18)13-11(15(19)20)6-8-4-5-9(21-2)7-12(8)16-13/h4-7,10H,3H2,1-2H3,(H,17,18)(H,19,20). The van der Waals surface area contributed by atoms with Gasteiger partial charge in [0.25, 0.3) is 0 Å². The number of rotatable bonds is 5. The van der Waals surface area contributed by atoms with Crippen LogP contribution in [0.1, 0.15) is 35.3 Å². The fourth-order valence-corrected chi connectivity index (χ4v) is 2.21. The van der Waals surface area contributed by atoms with Gasteiger partial charge in [-0.15, -0.1) is 0 Å². The molecule has 1 aromatic heterocycles. The van der Waals surface area contributed by atoms with Crippen LogP contribution in [0.2, 0.25) is 0 Å². The van der Waals surface area contributed by atoms with Crippen LogP contribution in [-0.2, 0) is 4.79 Å². The van der Waals surface area contributed by atoms with E-state index in [0.29, 0.717) is 16.7 Å². The van der Waals surface area contributed by atoms with Crippen molar-refractivity contribution in [3.05, 3.63) is 35.5 Å². The molecule has 2 rings (SSSR count). The van der Waals surface area contributed by atoms with E-state index in [-0.39, 0.29) is 17.7 Å². The molecular weight excluding hydrogens is 274 g/mol. The molecule has 0 spiro atoms. The average Bonchev–Trinajstić information content (AvgIpc) is 2.46. The summed E-state index contributed by atoms with van der Waals surface area (Å²) in [6.45, 7) is 1.68. The number of carbonyl (C=O) groups is 2. The van der Waals surface area contributed by atoms with Gasteiger partial charge in [0, 0.05) is 11.5 Å². The van der Waals surface area contributed by atoms with E-state index in [1.807, 2.05) is 0 Å². The minimum Gasteiger partial charge on any atom is -0.497 e. The van der Waals surface area contributed by atoms with Crippen LogP contribution < -0.4 is 4.74 Å². The van der Waals surface area contributed by atoms with E-state index in [0.717, 1.165) is 0 Å². The zero-order chi connectivity index (χ0) is 15.6. The number of aromatic nitrogens is 1. The molecule has 0 radical (unpaired) electrons. The van der Waals surface area contributed by atoms with Crippen molar-refractivity contribution in [2.24, 2.45) is 0 Å². The normalized spacial score (nSPS) is 12.1. The maximum Gasteiger partial charge on any atom is 0.337 e. The number of fused-ring (bicyclic) bond motifs is 1. The molecule has 6 nitrogen and oxygen atoms in total. The third-order valence-corrected chi connectivity index (χ3v) is 3.32. The molecule has 0 aliphatic carbocycles. The van der Waals surface area contributed by atoms with Crippen LogP contribution in [0.5, 0.6) is 5.75 Å². The quantitative estimate of drug-likeness (QED) is 0.877. The first-order valence-electron chi connectivity index (χ1n) is 6.42. The summed E-state index contributed by atoms with van der Waals surface area (Å²) in [5.74, 6) is -2.65. The molecule has 1 aromatic carbocycles.